The Kier molecular flexibility index (Phi) is 6.19. The number of para-hydroxylation sites is 1. The van der Waals surface area contributed by atoms with E-state index in [1.165, 1.54) is 0 Å². The Morgan fingerprint density at radius 3 is 2.50 bits per heavy atom. The molecular weight excluding hydrogens is 380 g/mol. The average molecular weight is 413 g/mol. The second-order valence-corrected chi connectivity index (χ2v) is 8.92. The van der Waals surface area contributed by atoms with Crippen molar-refractivity contribution in [1.29, 1.82) is 0 Å². The third kappa shape index (κ3) is 4.66. The van der Waals surface area contributed by atoms with E-state index < -0.39 is 17.7 Å². The molecule has 2 amide bonds. The Labute approximate surface area is 178 Å². The number of likely N-dealkylation sites (N-methyl/N-ethyl adjacent to an activating group) is 1. The summed E-state index contributed by atoms with van der Waals surface area (Å²) in [4.78, 5) is 29.0. The summed E-state index contributed by atoms with van der Waals surface area (Å²) < 4.78 is 7.40. The highest BCUT2D eigenvalue weighted by Gasteiger charge is 2.38. The molecule has 7 heteroatoms. The maximum atomic E-state index is 13.2. The number of hydrogen-bond donors (Lipinski definition) is 0. The Balaban J connectivity index is 1.74. The number of rotatable bonds is 4. The standard InChI is InChI=1S/C23H32N4O3/c1-16-19(17(2)27(24-16)18-11-8-7-9-12-18)15-25(6)21(28)20-13-10-14-26(20)22(29)30-23(3,4)5/h7-9,11-12,20H,10,13-15H2,1-6H3/t20-/m1/s1. The Bertz CT molecular complexity index is 915. The number of amides is 2. The lowest BCUT2D eigenvalue weighted by Crippen LogP contribution is -2.47. The fraction of sp³-hybridized carbons (Fsp3) is 0.522. The molecule has 162 valence electrons. The number of hydrogen-bond acceptors (Lipinski definition) is 4. The van der Waals surface area contributed by atoms with Crippen LogP contribution in [0.3, 0.4) is 0 Å². The van der Waals surface area contributed by atoms with Crippen LogP contribution in [0.5, 0.6) is 0 Å². The lowest BCUT2D eigenvalue weighted by molar-refractivity contribution is -0.135. The van der Waals surface area contributed by atoms with Crippen molar-refractivity contribution in [1.82, 2.24) is 19.6 Å². The van der Waals surface area contributed by atoms with Gasteiger partial charge < -0.3 is 9.64 Å². The van der Waals surface area contributed by atoms with E-state index in [0.29, 0.717) is 19.5 Å². The molecule has 0 N–H and O–H groups in total. The molecule has 1 aliphatic rings. The summed E-state index contributed by atoms with van der Waals surface area (Å²) >= 11 is 0. The number of carbonyl (C=O) groups is 2. The largest absolute Gasteiger partial charge is 0.444 e. The predicted octanol–water partition coefficient (Wildman–Crippen LogP) is 3.85. The second kappa shape index (κ2) is 8.50. The van der Waals surface area contributed by atoms with E-state index in [9.17, 15) is 9.59 Å². The summed E-state index contributed by atoms with van der Waals surface area (Å²) in [5, 5.41) is 4.67. The van der Waals surface area contributed by atoms with Crippen LogP contribution in [0.4, 0.5) is 4.79 Å². The molecule has 0 saturated carbocycles. The highest BCUT2D eigenvalue weighted by atomic mass is 16.6. The number of likely N-dealkylation sites (tertiary alicyclic amines) is 1. The topological polar surface area (TPSA) is 67.7 Å². The summed E-state index contributed by atoms with van der Waals surface area (Å²) in [5.41, 5.74) is 3.33. The highest BCUT2D eigenvalue weighted by Crippen LogP contribution is 2.24. The molecule has 0 bridgehead atoms. The van der Waals surface area contributed by atoms with Crippen LogP contribution < -0.4 is 0 Å². The number of aryl methyl sites for hydroxylation is 1. The van der Waals surface area contributed by atoms with E-state index in [4.69, 9.17) is 4.74 Å². The normalized spacial score (nSPS) is 16.6. The van der Waals surface area contributed by atoms with Gasteiger partial charge in [0.2, 0.25) is 5.91 Å². The van der Waals surface area contributed by atoms with Gasteiger partial charge in [0.1, 0.15) is 11.6 Å². The van der Waals surface area contributed by atoms with Crippen molar-refractivity contribution in [3.8, 4) is 5.69 Å². The molecule has 1 aliphatic heterocycles. The van der Waals surface area contributed by atoms with E-state index in [1.807, 2.05) is 69.6 Å². The zero-order valence-electron chi connectivity index (χ0n) is 18.8. The first-order chi connectivity index (χ1) is 14.1. The molecule has 1 aromatic heterocycles. The predicted molar refractivity (Wildman–Crippen MR) is 115 cm³/mol. The minimum atomic E-state index is -0.584. The van der Waals surface area contributed by atoms with E-state index in [-0.39, 0.29) is 5.91 Å². The molecule has 2 aromatic rings. The third-order valence-corrected chi connectivity index (χ3v) is 5.38. The molecule has 1 aromatic carbocycles. The van der Waals surface area contributed by atoms with Gasteiger partial charge in [-0.15, -0.1) is 0 Å². The lowest BCUT2D eigenvalue weighted by Gasteiger charge is -2.30. The quantitative estimate of drug-likeness (QED) is 0.765. The Morgan fingerprint density at radius 1 is 1.20 bits per heavy atom. The van der Waals surface area contributed by atoms with Crippen LogP contribution in [0, 0.1) is 13.8 Å². The summed E-state index contributed by atoms with van der Waals surface area (Å²) in [5.74, 6) is -0.0652. The van der Waals surface area contributed by atoms with Crippen LogP contribution in [0.1, 0.15) is 50.6 Å². The van der Waals surface area contributed by atoms with E-state index in [1.54, 1.807) is 16.8 Å². The van der Waals surface area contributed by atoms with Crippen LogP contribution in [0.25, 0.3) is 5.69 Å². The second-order valence-electron chi connectivity index (χ2n) is 8.92. The Morgan fingerprint density at radius 2 is 1.87 bits per heavy atom. The molecule has 0 radical (unpaired) electrons. The van der Waals surface area contributed by atoms with Gasteiger partial charge in [-0.3, -0.25) is 9.69 Å². The average Bonchev–Trinajstić information content (AvgIpc) is 3.27. The maximum Gasteiger partial charge on any atom is 0.410 e. The number of nitrogens with zero attached hydrogens (tertiary/aromatic N) is 4. The van der Waals surface area contributed by atoms with E-state index in [0.717, 1.165) is 29.1 Å². The van der Waals surface area contributed by atoms with Crippen LogP contribution in [-0.4, -0.2) is 56.8 Å². The first kappa shape index (κ1) is 21.9. The van der Waals surface area contributed by atoms with E-state index in [2.05, 4.69) is 5.10 Å². The Hall–Kier alpha value is -2.83. The van der Waals surface area contributed by atoms with Crippen molar-refractivity contribution in [3.63, 3.8) is 0 Å². The van der Waals surface area contributed by atoms with Gasteiger partial charge in [0.05, 0.1) is 11.4 Å². The monoisotopic (exact) mass is 412 g/mol. The van der Waals surface area contributed by atoms with Crippen molar-refractivity contribution in [2.24, 2.45) is 0 Å². The van der Waals surface area contributed by atoms with Crippen LogP contribution in [-0.2, 0) is 16.1 Å². The maximum absolute atomic E-state index is 13.2. The third-order valence-electron chi connectivity index (χ3n) is 5.38. The van der Waals surface area contributed by atoms with Gasteiger partial charge in [-0.2, -0.15) is 5.10 Å². The molecule has 3 rings (SSSR count). The molecule has 7 nitrogen and oxygen atoms in total. The lowest BCUT2D eigenvalue weighted by atomic mass is 10.1. The zero-order valence-corrected chi connectivity index (χ0v) is 18.8. The van der Waals surface area contributed by atoms with Gasteiger partial charge in [0.25, 0.3) is 0 Å². The molecule has 0 aliphatic carbocycles. The molecule has 1 fully saturated rings. The first-order valence-electron chi connectivity index (χ1n) is 10.4. The van der Waals surface area contributed by atoms with Gasteiger partial charge in [-0.05, 0) is 59.6 Å². The van der Waals surface area contributed by atoms with Crippen molar-refractivity contribution in [2.75, 3.05) is 13.6 Å². The number of aromatic nitrogens is 2. The van der Waals surface area contributed by atoms with Crippen LogP contribution in [0.15, 0.2) is 30.3 Å². The summed E-state index contributed by atoms with van der Waals surface area (Å²) in [6, 6.07) is 9.47. The smallest absolute Gasteiger partial charge is 0.410 e. The minimum absolute atomic E-state index is 0.0652. The number of carbonyl (C=O) groups excluding carboxylic acids is 2. The first-order valence-corrected chi connectivity index (χ1v) is 10.4. The summed E-state index contributed by atoms with van der Waals surface area (Å²) in [6.07, 6.45) is 1.04. The van der Waals surface area contributed by atoms with Gasteiger partial charge in [-0.25, -0.2) is 9.48 Å². The van der Waals surface area contributed by atoms with Gasteiger partial charge in [-0.1, -0.05) is 18.2 Å². The van der Waals surface area contributed by atoms with Gasteiger partial charge in [0, 0.05) is 31.4 Å². The van der Waals surface area contributed by atoms with Crippen molar-refractivity contribution in [3.05, 3.63) is 47.3 Å². The molecule has 0 spiro atoms. The molecule has 2 heterocycles. The zero-order chi connectivity index (χ0) is 22.1. The number of benzene rings is 1. The highest BCUT2D eigenvalue weighted by molar-refractivity contribution is 5.86. The summed E-state index contributed by atoms with van der Waals surface area (Å²) in [7, 11) is 1.78. The van der Waals surface area contributed by atoms with Crippen LogP contribution in [0.2, 0.25) is 0 Å². The van der Waals surface area contributed by atoms with Crippen molar-refractivity contribution >= 4 is 12.0 Å². The number of ether oxygens (including phenoxy) is 1. The molecule has 0 unspecified atom stereocenters. The molecule has 1 saturated heterocycles. The fourth-order valence-corrected chi connectivity index (χ4v) is 3.86. The van der Waals surface area contributed by atoms with Gasteiger partial charge >= 0.3 is 6.09 Å². The molecular formula is C23H32N4O3. The van der Waals surface area contributed by atoms with Crippen LogP contribution >= 0.6 is 0 Å². The van der Waals surface area contributed by atoms with Gasteiger partial charge in [0.15, 0.2) is 0 Å². The van der Waals surface area contributed by atoms with Crippen molar-refractivity contribution < 1.29 is 14.3 Å². The molecule has 30 heavy (non-hydrogen) atoms. The minimum Gasteiger partial charge on any atom is -0.444 e. The fourth-order valence-electron chi connectivity index (χ4n) is 3.86. The molecule has 1 atom stereocenters. The summed E-state index contributed by atoms with van der Waals surface area (Å²) in [6.45, 7) is 10.5. The van der Waals surface area contributed by atoms with E-state index >= 15 is 0 Å². The van der Waals surface area contributed by atoms with Crippen molar-refractivity contribution in [2.45, 2.75) is 65.6 Å². The SMILES string of the molecule is Cc1nn(-c2ccccc2)c(C)c1CN(C)C(=O)[C@H]1CCCN1C(=O)OC(C)(C)C.